The highest BCUT2D eigenvalue weighted by atomic mass is 16.3. The van der Waals surface area contributed by atoms with E-state index >= 15 is 0 Å². The molecule has 0 bridgehead atoms. The van der Waals surface area contributed by atoms with Gasteiger partial charge in [-0.2, -0.15) is 0 Å². The van der Waals surface area contributed by atoms with Gasteiger partial charge >= 0.3 is 0 Å². The van der Waals surface area contributed by atoms with Crippen molar-refractivity contribution >= 4 is 65.7 Å². The van der Waals surface area contributed by atoms with Crippen LogP contribution in [0.2, 0.25) is 0 Å². The fraction of sp³-hybridized carbons (Fsp3) is 0. The van der Waals surface area contributed by atoms with Crippen molar-refractivity contribution in [1.29, 1.82) is 0 Å². The predicted molar refractivity (Wildman–Crippen MR) is 212 cm³/mol. The number of hydrogen-bond acceptors (Lipinski definition) is 2. The number of benzene rings is 8. The molecule has 11 aromatic rings. The number of fused-ring (bicyclic) bond motifs is 10. The normalized spacial score (nSPS) is 11.9. The van der Waals surface area contributed by atoms with Crippen molar-refractivity contribution in [3.63, 3.8) is 0 Å². The van der Waals surface area contributed by atoms with Gasteiger partial charge < -0.3 is 13.4 Å². The van der Waals surface area contributed by atoms with Crippen LogP contribution in [0.25, 0.3) is 105 Å². The zero-order valence-electron chi connectivity index (χ0n) is 27.5. The molecule has 0 spiro atoms. The fourth-order valence-corrected chi connectivity index (χ4v) is 8.01. The fourth-order valence-electron chi connectivity index (χ4n) is 8.01. The SMILES string of the molecule is c1ccc(-c2ccc3oc4ccc5c6cc(-c7ccc8c(c7)c7ccccc7n8-c7ccccc7)cc(-c7ccccc7)c6oc5c4c3c2)cc1. The second-order valence-corrected chi connectivity index (χ2v) is 13.3. The Hall–Kier alpha value is -6.84. The molecule has 0 amide bonds. The van der Waals surface area contributed by atoms with Gasteiger partial charge in [-0.25, -0.2) is 0 Å². The van der Waals surface area contributed by atoms with E-state index in [1.807, 2.05) is 6.07 Å². The van der Waals surface area contributed by atoms with Crippen LogP contribution < -0.4 is 0 Å². The van der Waals surface area contributed by atoms with Gasteiger partial charge in [0.25, 0.3) is 0 Å². The molecule has 0 aliphatic rings. The van der Waals surface area contributed by atoms with Gasteiger partial charge in [0.15, 0.2) is 0 Å². The number of hydrogen-bond donors (Lipinski definition) is 0. The highest BCUT2D eigenvalue weighted by molar-refractivity contribution is 6.24. The van der Waals surface area contributed by atoms with Crippen molar-refractivity contribution in [3.05, 3.63) is 176 Å². The Bertz CT molecular complexity index is 3110. The quantitative estimate of drug-likeness (QED) is 0.190. The molecule has 0 saturated heterocycles. The molecule has 3 nitrogen and oxygen atoms in total. The lowest BCUT2D eigenvalue weighted by Gasteiger charge is -2.10. The molecule has 0 radical (unpaired) electrons. The Morgan fingerprint density at radius 1 is 0.333 bits per heavy atom. The highest BCUT2D eigenvalue weighted by Crippen LogP contribution is 2.45. The second kappa shape index (κ2) is 10.8. The van der Waals surface area contributed by atoms with Gasteiger partial charge in [-0.1, -0.05) is 109 Å². The molecule has 0 saturated carbocycles. The monoisotopic (exact) mass is 651 g/mol. The van der Waals surface area contributed by atoms with E-state index in [0.29, 0.717) is 0 Å². The van der Waals surface area contributed by atoms with Crippen molar-refractivity contribution in [2.75, 3.05) is 0 Å². The zero-order chi connectivity index (χ0) is 33.5. The van der Waals surface area contributed by atoms with Gasteiger partial charge in [0.1, 0.15) is 22.3 Å². The molecule has 3 heterocycles. The van der Waals surface area contributed by atoms with Crippen molar-refractivity contribution in [2.45, 2.75) is 0 Å². The summed E-state index contributed by atoms with van der Waals surface area (Å²) in [6, 6.07) is 62.5. The summed E-state index contributed by atoms with van der Waals surface area (Å²) in [4.78, 5) is 0. The lowest BCUT2D eigenvalue weighted by molar-refractivity contribution is 0.663. The number of aromatic nitrogens is 1. The number of furan rings is 2. The van der Waals surface area contributed by atoms with E-state index in [0.717, 1.165) is 77.4 Å². The molecule has 51 heavy (non-hydrogen) atoms. The Balaban J connectivity index is 1.18. The van der Waals surface area contributed by atoms with E-state index in [4.69, 9.17) is 8.83 Å². The van der Waals surface area contributed by atoms with E-state index in [2.05, 4.69) is 174 Å². The Labute approximate surface area is 293 Å². The van der Waals surface area contributed by atoms with E-state index in [9.17, 15) is 0 Å². The highest BCUT2D eigenvalue weighted by Gasteiger charge is 2.21. The molecule has 0 aliphatic heterocycles. The maximum absolute atomic E-state index is 6.97. The van der Waals surface area contributed by atoms with Gasteiger partial charge in [-0.3, -0.25) is 0 Å². The maximum atomic E-state index is 6.97. The van der Waals surface area contributed by atoms with Gasteiger partial charge in [-0.05, 0) is 94.5 Å². The third-order valence-corrected chi connectivity index (χ3v) is 10.4. The number of nitrogens with zero attached hydrogens (tertiary/aromatic N) is 1. The molecule has 3 heteroatoms. The molecule has 0 fully saturated rings. The summed E-state index contributed by atoms with van der Waals surface area (Å²) in [5.74, 6) is 0. The van der Waals surface area contributed by atoms with Crippen LogP contribution in [0.15, 0.2) is 185 Å². The van der Waals surface area contributed by atoms with Crippen LogP contribution in [0.5, 0.6) is 0 Å². The first-order chi connectivity index (χ1) is 25.3. The molecule has 0 atom stereocenters. The standard InChI is InChI=1S/C48H29NO2/c1-4-12-30(13-5-1)32-21-24-44-41(27-32)46-45(50-44)25-22-37-40-29-34(28-38(47(40)51-48(37)46)31-14-6-2-7-15-31)33-20-23-43-39(26-33)36-18-10-11-19-42(36)49(43)35-16-8-3-9-17-35/h1-29H. The number of rotatable bonds is 4. The minimum atomic E-state index is 0.823. The number of para-hydroxylation sites is 2. The van der Waals surface area contributed by atoms with Gasteiger partial charge in [0.2, 0.25) is 0 Å². The van der Waals surface area contributed by atoms with E-state index in [1.54, 1.807) is 0 Å². The van der Waals surface area contributed by atoms with Gasteiger partial charge in [-0.15, -0.1) is 0 Å². The summed E-state index contributed by atoms with van der Waals surface area (Å²) in [6.45, 7) is 0. The van der Waals surface area contributed by atoms with Crippen LogP contribution in [0.1, 0.15) is 0 Å². The molecule has 8 aromatic carbocycles. The Morgan fingerprint density at radius 3 is 1.78 bits per heavy atom. The largest absolute Gasteiger partial charge is 0.456 e. The van der Waals surface area contributed by atoms with E-state index in [1.165, 1.54) is 27.4 Å². The lowest BCUT2D eigenvalue weighted by Crippen LogP contribution is -1.92. The van der Waals surface area contributed by atoms with Crippen LogP contribution in [0.4, 0.5) is 0 Å². The zero-order valence-corrected chi connectivity index (χ0v) is 27.5. The van der Waals surface area contributed by atoms with E-state index in [-0.39, 0.29) is 0 Å². The maximum Gasteiger partial charge on any atom is 0.147 e. The second-order valence-electron chi connectivity index (χ2n) is 13.3. The third-order valence-electron chi connectivity index (χ3n) is 10.4. The average Bonchev–Trinajstić information content (AvgIpc) is 3.87. The van der Waals surface area contributed by atoms with E-state index < -0.39 is 0 Å². The molecule has 0 N–H and O–H groups in total. The van der Waals surface area contributed by atoms with Crippen LogP contribution in [0.3, 0.4) is 0 Å². The molecule has 3 aromatic heterocycles. The Kier molecular flexibility index (Phi) is 5.96. The topological polar surface area (TPSA) is 31.2 Å². The van der Waals surface area contributed by atoms with Crippen molar-refractivity contribution in [3.8, 4) is 39.1 Å². The summed E-state index contributed by atoms with van der Waals surface area (Å²) in [7, 11) is 0. The van der Waals surface area contributed by atoms with Crippen LogP contribution in [0, 0.1) is 0 Å². The molecule has 0 unspecified atom stereocenters. The lowest BCUT2D eigenvalue weighted by atomic mass is 9.95. The summed E-state index contributed by atoms with van der Waals surface area (Å²) in [6.07, 6.45) is 0. The first-order valence-electron chi connectivity index (χ1n) is 17.3. The van der Waals surface area contributed by atoms with Crippen molar-refractivity contribution < 1.29 is 8.83 Å². The van der Waals surface area contributed by atoms with Crippen molar-refractivity contribution in [1.82, 2.24) is 4.57 Å². The van der Waals surface area contributed by atoms with Gasteiger partial charge in [0, 0.05) is 38.2 Å². The smallest absolute Gasteiger partial charge is 0.147 e. The minimum Gasteiger partial charge on any atom is -0.456 e. The molecule has 238 valence electrons. The minimum absolute atomic E-state index is 0.823. The Morgan fingerprint density at radius 2 is 0.961 bits per heavy atom. The molecular formula is C48H29NO2. The summed E-state index contributed by atoms with van der Waals surface area (Å²) >= 11 is 0. The van der Waals surface area contributed by atoms with Crippen molar-refractivity contribution in [2.24, 2.45) is 0 Å². The molecule has 11 rings (SSSR count). The summed E-state index contributed by atoms with van der Waals surface area (Å²) in [5, 5.41) is 6.69. The first-order valence-corrected chi connectivity index (χ1v) is 17.3. The predicted octanol–water partition coefficient (Wildman–Crippen LogP) is 13.6. The molecule has 0 aliphatic carbocycles. The van der Waals surface area contributed by atoms with Gasteiger partial charge in [0.05, 0.1) is 16.4 Å². The van der Waals surface area contributed by atoms with Crippen LogP contribution >= 0.6 is 0 Å². The summed E-state index contributed by atoms with van der Waals surface area (Å²) < 4.78 is 15.7. The summed E-state index contributed by atoms with van der Waals surface area (Å²) in [5.41, 5.74) is 13.8. The third kappa shape index (κ3) is 4.25. The average molecular weight is 652 g/mol. The first kappa shape index (κ1) is 28.0. The van der Waals surface area contributed by atoms with Crippen LogP contribution in [-0.4, -0.2) is 4.57 Å². The van der Waals surface area contributed by atoms with Crippen LogP contribution in [-0.2, 0) is 0 Å². The molecular weight excluding hydrogens is 623 g/mol.